The molecule has 3 rings (SSSR count). The van der Waals surface area contributed by atoms with Gasteiger partial charge in [0.25, 0.3) is 0 Å². The fraction of sp³-hybridized carbons (Fsp3) is 0.176. The van der Waals surface area contributed by atoms with E-state index in [1.165, 1.54) is 12.1 Å². The van der Waals surface area contributed by atoms with Crippen molar-refractivity contribution in [2.75, 3.05) is 5.32 Å². The lowest BCUT2D eigenvalue weighted by Crippen LogP contribution is -2.01. The van der Waals surface area contributed by atoms with E-state index in [0.29, 0.717) is 5.95 Å². The third-order valence-electron chi connectivity index (χ3n) is 3.59. The van der Waals surface area contributed by atoms with Gasteiger partial charge >= 0.3 is 5.97 Å². The monoisotopic (exact) mass is 323 g/mol. The van der Waals surface area contributed by atoms with E-state index in [1.54, 1.807) is 24.5 Å². The molecule has 0 fully saturated rings. The molecule has 0 amide bonds. The average molecular weight is 323 g/mol. The van der Waals surface area contributed by atoms with Crippen LogP contribution < -0.4 is 5.32 Å². The Morgan fingerprint density at radius 2 is 2.00 bits per heavy atom. The van der Waals surface area contributed by atoms with Crippen molar-refractivity contribution in [2.24, 2.45) is 0 Å². The van der Waals surface area contributed by atoms with Crippen molar-refractivity contribution >= 4 is 17.6 Å². The van der Waals surface area contributed by atoms with Crippen LogP contribution in [-0.4, -0.2) is 30.8 Å². The van der Waals surface area contributed by atoms with E-state index >= 15 is 0 Å². The number of hydrogen-bond donors (Lipinski definition) is 2. The molecule has 2 heterocycles. The first-order valence-corrected chi connectivity index (χ1v) is 7.53. The molecule has 0 radical (unpaired) electrons. The van der Waals surface area contributed by atoms with Gasteiger partial charge in [-0.1, -0.05) is 0 Å². The van der Waals surface area contributed by atoms with Crippen LogP contribution in [0.4, 0.5) is 11.6 Å². The highest BCUT2D eigenvalue weighted by Gasteiger charge is 2.09. The summed E-state index contributed by atoms with van der Waals surface area (Å²) in [6.07, 6.45) is 5.48. The summed E-state index contributed by atoms with van der Waals surface area (Å²) in [6, 6.07) is 6.43. The lowest BCUT2D eigenvalue weighted by Gasteiger charge is -2.08. The Bertz CT molecular complexity index is 871. The summed E-state index contributed by atoms with van der Waals surface area (Å²) in [5.41, 5.74) is 3.66. The molecule has 24 heavy (non-hydrogen) atoms. The van der Waals surface area contributed by atoms with Crippen LogP contribution in [0.15, 0.2) is 42.9 Å². The fourth-order valence-electron chi connectivity index (χ4n) is 2.28. The highest BCUT2D eigenvalue weighted by Crippen LogP contribution is 2.22. The van der Waals surface area contributed by atoms with Gasteiger partial charge in [0.2, 0.25) is 5.95 Å². The third-order valence-corrected chi connectivity index (χ3v) is 3.59. The number of carbonyl (C=O) groups is 1. The van der Waals surface area contributed by atoms with E-state index in [2.05, 4.69) is 20.4 Å². The van der Waals surface area contributed by atoms with Crippen LogP contribution in [0.2, 0.25) is 0 Å². The topological polar surface area (TPSA) is 92.9 Å². The molecule has 0 aliphatic heterocycles. The Morgan fingerprint density at radius 3 is 2.62 bits per heavy atom. The lowest BCUT2D eigenvalue weighted by molar-refractivity contribution is 0.0697. The maximum Gasteiger partial charge on any atom is 0.335 e. The molecule has 2 aromatic heterocycles. The van der Waals surface area contributed by atoms with Crippen LogP contribution in [0.5, 0.6) is 0 Å². The number of carboxylic acid groups (broad SMARTS) is 1. The maximum absolute atomic E-state index is 10.9. The molecule has 0 saturated carbocycles. The number of anilines is 2. The van der Waals surface area contributed by atoms with E-state index < -0.39 is 5.97 Å². The van der Waals surface area contributed by atoms with Crippen molar-refractivity contribution in [1.82, 2.24) is 19.7 Å². The molecule has 7 heteroatoms. The second-order valence-corrected chi connectivity index (χ2v) is 5.32. The Kier molecular flexibility index (Phi) is 4.24. The molecular formula is C17H17N5O2. The first-order chi connectivity index (χ1) is 11.6. The van der Waals surface area contributed by atoms with Crippen LogP contribution in [0.1, 0.15) is 22.8 Å². The Balaban J connectivity index is 1.86. The number of nitrogens with one attached hydrogen (secondary N) is 1. The second-order valence-electron chi connectivity index (χ2n) is 5.32. The van der Waals surface area contributed by atoms with Crippen molar-refractivity contribution in [3.05, 3.63) is 54.0 Å². The molecule has 7 nitrogen and oxygen atoms in total. The van der Waals surface area contributed by atoms with Gasteiger partial charge in [-0.3, -0.25) is 4.68 Å². The van der Waals surface area contributed by atoms with Crippen LogP contribution in [0, 0.1) is 6.92 Å². The molecule has 1 aromatic carbocycles. The van der Waals surface area contributed by atoms with Gasteiger partial charge in [0.1, 0.15) is 0 Å². The minimum absolute atomic E-state index is 0.234. The summed E-state index contributed by atoms with van der Waals surface area (Å²) < 4.78 is 1.84. The van der Waals surface area contributed by atoms with Crippen molar-refractivity contribution in [2.45, 2.75) is 20.4 Å². The van der Waals surface area contributed by atoms with Crippen molar-refractivity contribution in [1.29, 1.82) is 0 Å². The molecule has 2 N–H and O–H groups in total. The Labute approximate surface area is 139 Å². The number of carboxylic acids is 1. The van der Waals surface area contributed by atoms with E-state index in [-0.39, 0.29) is 5.56 Å². The van der Waals surface area contributed by atoms with Crippen LogP contribution in [-0.2, 0) is 6.54 Å². The summed E-state index contributed by atoms with van der Waals surface area (Å²) in [5, 5.41) is 16.3. The van der Waals surface area contributed by atoms with Crippen molar-refractivity contribution < 1.29 is 9.90 Å². The molecule has 3 aromatic rings. The second kappa shape index (κ2) is 6.49. The van der Waals surface area contributed by atoms with Crippen molar-refractivity contribution in [3.8, 4) is 11.3 Å². The average Bonchev–Trinajstić information content (AvgIpc) is 3.06. The zero-order valence-electron chi connectivity index (χ0n) is 13.4. The van der Waals surface area contributed by atoms with Gasteiger partial charge in [0, 0.05) is 30.2 Å². The van der Waals surface area contributed by atoms with E-state index in [1.807, 2.05) is 24.7 Å². The minimum atomic E-state index is -0.955. The van der Waals surface area contributed by atoms with Gasteiger partial charge in [-0.05, 0) is 43.7 Å². The molecular weight excluding hydrogens is 306 g/mol. The first-order valence-electron chi connectivity index (χ1n) is 7.53. The van der Waals surface area contributed by atoms with E-state index in [9.17, 15) is 4.79 Å². The number of aryl methyl sites for hydroxylation is 2. The van der Waals surface area contributed by atoms with E-state index in [0.717, 1.165) is 29.1 Å². The molecule has 0 spiro atoms. The predicted molar refractivity (Wildman–Crippen MR) is 90.3 cm³/mol. The quantitative estimate of drug-likeness (QED) is 0.749. The number of benzene rings is 1. The van der Waals surface area contributed by atoms with Crippen LogP contribution >= 0.6 is 0 Å². The normalized spacial score (nSPS) is 10.6. The minimum Gasteiger partial charge on any atom is -0.478 e. The highest BCUT2D eigenvalue weighted by atomic mass is 16.4. The molecule has 0 unspecified atom stereocenters. The summed E-state index contributed by atoms with van der Waals surface area (Å²) in [5.74, 6) is -0.508. The van der Waals surface area contributed by atoms with Crippen molar-refractivity contribution in [3.63, 3.8) is 0 Å². The molecule has 0 atom stereocenters. The van der Waals surface area contributed by atoms with Crippen LogP contribution in [0.25, 0.3) is 11.3 Å². The van der Waals surface area contributed by atoms with E-state index in [4.69, 9.17) is 5.11 Å². The number of aromatic nitrogens is 4. The first kappa shape index (κ1) is 15.7. The standard InChI is InChI=1S/C17H17N5O2/c1-3-22-10-13(9-19-22)15-11(2)8-18-17(21-15)20-14-6-4-12(5-7-14)16(23)24/h4-10H,3H2,1-2H3,(H,23,24)(H,18,20,21). The Morgan fingerprint density at radius 1 is 1.25 bits per heavy atom. The molecule has 0 aliphatic carbocycles. The highest BCUT2D eigenvalue weighted by molar-refractivity contribution is 5.88. The van der Waals surface area contributed by atoms with Gasteiger partial charge in [-0.25, -0.2) is 14.8 Å². The smallest absolute Gasteiger partial charge is 0.335 e. The summed E-state index contributed by atoms with van der Waals surface area (Å²) in [4.78, 5) is 19.7. The Hall–Kier alpha value is -3.22. The molecule has 0 saturated heterocycles. The molecule has 122 valence electrons. The maximum atomic E-state index is 10.9. The van der Waals surface area contributed by atoms with Gasteiger partial charge in [0.05, 0.1) is 17.5 Å². The van der Waals surface area contributed by atoms with Gasteiger partial charge in [0.15, 0.2) is 0 Å². The molecule has 0 aliphatic rings. The predicted octanol–water partition coefficient (Wildman–Crippen LogP) is 3.11. The fourth-order valence-corrected chi connectivity index (χ4v) is 2.28. The zero-order valence-corrected chi connectivity index (χ0v) is 13.4. The summed E-state index contributed by atoms with van der Waals surface area (Å²) in [7, 11) is 0. The van der Waals surface area contributed by atoms with Gasteiger partial charge in [-0.15, -0.1) is 0 Å². The van der Waals surface area contributed by atoms with Gasteiger partial charge < -0.3 is 10.4 Å². The summed E-state index contributed by atoms with van der Waals surface area (Å²) in [6.45, 7) is 4.77. The number of nitrogens with zero attached hydrogens (tertiary/aromatic N) is 4. The van der Waals surface area contributed by atoms with Gasteiger partial charge in [-0.2, -0.15) is 5.10 Å². The number of aromatic carboxylic acids is 1. The number of rotatable bonds is 5. The van der Waals surface area contributed by atoms with Crippen LogP contribution in [0.3, 0.4) is 0 Å². The largest absolute Gasteiger partial charge is 0.478 e. The molecule has 0 bridgehead atoms. The third kappa shape index (κ3) is 3.24. The SMILES string of the molecule is CCn1cc(-c2nc(Nc3ccc(C(=O)O)cc3)ncc2C)cn1. The summed E-state index contributed by atoms with van der Waals surface area (Å²) >= 11 is 0. The lowest BCUT2D eigenvalue weighted by atomic mass is 10.1. The zero-order chi connectivity index (χ0) is 17.1. The number of hydrogen-bond acceptors (Lipinski definition) is 5.